The molecule has 4 aliphatic rings. The van der Waals surface area contributed by atoms with Gasteiger partial charge in [0.15, 0.2) is 0 Å². The predicted octanol–water partition coefficient (Wildman–Crippen LogP) is 5.14. The van der Waals surface area contributed by atoms with E-state index in [2.05, 4.69) is 20.6 Å². The van der Waals surface area contributed by atoms with Crippen LogP contribution >= 0.6 is 0 Å². The van der Waals surface area contributed by atoms with Gasteiger partial charge < -0.3 is 29.3 Å². The van der Waals surface area contributed by atoms with Gasteiger partial charge in [-0.15, -0.1) is 5.10 Å². The lowest BCUT2D eigenvalue weighted by atomic mass is 9.80. The van der Waals surface area contributed by atoms with Crippen molar-refractivity contribution in [2.24, 2.45) is 11.8 Å². The number of halogens is 3. The Morgan fingerprint density at radius 3 is 2.55 bits per heavy atom. The molecular weight excluding hydrogens is 755 g/mol. The van der Waals surface area contributed by atoms with E-state index in [4.69, 9.17) is 14.2 Å². The van der Waals surface area contributed by atoms with E-state index in [1.54, 1.807) is 34.0 Å². The fourth-order valence-electron chi connectivity index (χ4n) is 8.47. The van der Waals surface area contributed by atoms with Gasteiger partial charge >= 0.3 is 6.18 Å². The second kappa shape index (κ2) is 17.2. The number of piperidine rings is 1. The van der Waals surface area contributed by atoms with E-state index >= 15 is 0 Å². The van der Waals surface area contributed by atoms with Crippen molar-refractivity contribution in [2.45, 2.75) is 76.0 Å². The van der Waals surface area contributed by atoms with Crippen LogP contribution in [0.15, 0.2) is 72.9 Å². The van der Waals surface area contributed by atoms with E-state index in [9.17, 15) is 27.6 Å². The summed E-state index contributed by atoms with van der Waals surface area (Å²) in [6.45, 7) is 2.65. The van der Waals surface area contributed by atoms with Crippen molar-refractivity contribution in [3.05, 3.63) is 95.3 Å². The number of fused-ring (bicyclic) bond motifs is 8. The van der Waals surface area contributed by atoms with Gasteiger partial charge in [0.25, 0.3) is 5.91 Å². The standard InChI is InChI=1S/C42H46F3N7O6/c43-42(44,45)32-19-36-29-7-4-8-30(17-29)40(54)52-25-35(58-26-34-24-51(49-48-34)22-27-5-2-1-3-6-27)21-37(52)41(55)50-13-9-28(18-38(53)46-33-11-14-56-15-12-33)31(23-50)10-16-57-39(20-32)47-36/h1-8,17,19-20,24,28,31,33,35,37H,9-16,18,21-23,25-26H2,(H,46,53)/t28-,31-,35+,37-/m0/s1. The number of hydrogen-bond acceptors (Lipinski definition) is 9. The van der Waals surface area contributed by atoms with Gasteiger partial charge in [0, 0.05) is 68.9 Å². The summed E-state index contributed by atoms with van der Waals surface area (Å²) in [4.78, 5) is 49.9. The molecule has 3 fully saturated rings. The largest absolute Gasteiger partial charge is 0.478 e. The molecular formula is C42H46F3N7O6. The van der Waals surface area contributed by atoms with Crippen LogP contribution in [-0.4, -0.2) is 105 Å². The number of nitrogens with zero attached hydrogens (tertiary/aromatic N) is 6. The van der Waals surface area contributed by atoms with E-state index in [1.165, 1.54) is 11.0 Å². The molecule has 0 aliphatic carbocycles. The van der Waals surface area contributed by atoms with Crippen LogP contribution in [0.3, 0.4) is 0 Å². The molecule has 0 saturated carbocycles. The zero-order chi connectivity index (χ0) is 40.2. The molecule has 8 rings (SSSR count). The molecule has 4 aliphatic heterocycles. The highest BCUT2D eigenvalue weighted by atomic mass is 19.4. The lowest BCUT2D eigenvalue weighted by molar-refractivity contribution is -0.139. The Balaban J connectivity index is 1.06. The van der Waals surface area contributed by atoms with Crippen LogP contribution in [-0.2, 0) is 38.4 Å². The van der Waals surface area contributed by atoms with Gasteiger partial charge in [0.05, 0.1) is 43.3 Å². The molecule has 306 valence electrons. The maximum absolute atomic E-state index is 14.6. The molecule has 6 heterocycles. The predicted molar refractivity (Wildman–Crippen MR) is 203 cm³/mol. The average molecular weight is 802 g/mol. The van der Waals surface area contributed by atoms with Crippen LogP contribution in [0, 0.1) is 11.8 Å². The quantitative estimate of drug-likeness (QED) is 0.257. The fourth-order valence-corrected chi connectivity index (χ4v) is 8.47. The zero-order valence-electron chi connectivity index (χ0n) is 32.0. The van der Waals surface area contributed by atoms with E-state index in [1.807, 2.05) is 30.3 Å². The van der Waals surface area contributed by atoms with E-state index < -0.39 is 29.8 Å². The summed E-state index contributed by atoms with van der Waals surface area (Å²) in [5, 5.41) is 11.6. The molecule has 13 nitrogen and oxygen atoms in total. The number of benzene rings is 2. The minimum atomic E-state index is -4.68. The summed E-state index contributed by atoms with van der Waals surface area (Å²) < 4.78 is 61.9. The van der Waals surface area contributed by atoms with E-state index in [0.29, 0.717) is 56.9 Å². The van der Waals surface area contributed by atoms with Crippen molar-refractivity contribution in [3.63, 3.8) is 0 Å². The Kier molecular flexibility index (Phi) is 11.7. The molecule has 1 N–H and O–H groups in total. The number of carbonyl (C=O) groups excluding carboxylic acids is 3. The van der Waals surface area contributed by atoms with Crippen molar-refractivity contribution in [1.29, 1.82) is 0 Å². The summed E-state index contributed by atoms with van der Waals surface area (Å²) in [6, 6.07) is 17.1. The van der Waals surface area contributed by atoms with E-state index in [0.717, 1.165) is 30.5 Å². The molecule has 2 aromatic carbocycles. The Morgan fingerprint density at radius 2 is 1.74 bits per heavy atom. The molecule has 6 bridgehead atoms. The second-order valence-corrected chi connectivity index (χ2v) is 15.6. The molecule has 3 saturated heterocycles. The van der Waals surface area contributed by atoms with Crippen LogP contribution in [0.2, 0.25) is 0 Å². The SMILES string of the molecule is O=C(C[C@@H]1CCN2C[C@@H]1CCOc1cc(C(F)(F)F)cc(n1)-c1cccc(c1)C(=O)N1C[C@H](OCc3cn(Cc4ccccc4)nn3)C[C@H]1C2=O)NC1CCOCC1. The number of ether oxygens (including phenoxy) is 3. The highest BCUT2D eigenvalue weighted by Crippen LogP contribution is 2.36. The first-order valence-electron chi connectivity index (χ1n) is 19.9. The molecule has 0 unspecified atom stereocenters. The molecule has 0 spiro atoms. The lowest BCUT2D eigenvalue weighted by Crippen LogP contribution is -2.52. The number of carbonyl (C=O) groups is 3. The molecule has 0 radical (unpaired) electrons. The van der Waals surface area contributed by atoms with Gasteiger partial charge in [-0.05, 0) is 61.3 Å². The average Bonchev–Trinajstić information content (AvgIpc) is 3.87. The first kappa shape index (κ1) is 39.5. The van der Waals surface area contributed by atoms with Crippen LogP contribution in [0.5, 0.6) is 5.88 Å². The summed E-state index contributed by atoms with van der Waals surface area (Å²) in [5.74, 6) is -1.27. The van der Waals surface area contributed by atoms with Crippen LogP contribution in [0.25, 0.3) is 11.3 Å². The molecule has 4 aromatic rings. The second-order valence-electron chi connectivity index (χ2n) is 15.6. The molecule has 3 amide bonds. The third kappa shape index (κ3) is 9.34. The fraction of sp³-hybridized carbons (Fsp3) is 0.476. The maximum Gasteiger partial charge on any atom is 0.416 e. The number of hydrogen-bond donors (Lipinski definition) is 1. The first-order valence-corrected chi connectivity index (χ1v) is 19.9. The normalized spacial score (nSPS) is 23.0. The van der Waals surface area contributed by atoms with Gasteiger partial charge in [-0.1, -0.05) is 47.7 Å². The third-order valence-corrected chi connectivity index (χ3v) is 11.6. The summed E-state index contributed by atoms with van der Waals surface area (Å²) in [6.07, 6.45) is -0.529. The monoisotopic (exact) mass is 801 g/mol. The summed E-state index contributed by atoms with van der Waals surface area (Å²) in [7, 11) is 0. The van der Waals surface area contributed by atoms with Crippen molar-refractivity contribution < 1.29 is 41.8 Å². The Morgan fingerprint density at radius 1 is 0.931 bits per heavy atom. The highest BCUT2D eigenvalue weighted by Gasteiger charge is 2.44. The summed E-state index contributed by atoms with van der Waals surface area (Å²) >= 11 is 0. The topological polar surface area (TPSA) is 141 Å². The molecule has 58 heavy (non-hydrogen) atoms. The molecule has 16 heteroatoms. The van der Waals surface area contributed by atoms with Gasteiger partial charge in [-0.2, -0.15) is 13.2 Å². The Labute approximate surface area is 333 Å². The maximum atomic E-state index is 14.6. The van der Waals surface area contributed by atoms with Crippen LogP contribution in [0.4, 0.5) is 13.2 Å². The number of nitrogens with one attached hydrogen (secondary N) is 1. The van der Waals surface area contributed by atoms with Crippen LogP contribution < -0.4 is 10.1 Å². The number of aromatic nitrogens is 4. The Bertz CT molecular complexity index is 2090. The van der Waals surface area contributed by atoms with Crippen LogP contribution in [0.1, 0.15) is 65.7 Å². The Hall–Kier alpha value is -5.35. The molecule has 4 atom stereocenters. The minimum Gasteiger partial charge on any atom is -0.478 e. The zero-order valence-corrected chi connectivity index (χ0v) is 32.0. The van der Waals surface area contributed by atoms with Gasteiger partial charge in [0.2, 0.25) is 17.7 Å². The van der Waals surface area contributed by atoms with E-state index in [-0.39, 0.29) is 79.4 Å². The molecule has 2 aromatic heterocycles. The lowest BCUT2D eigenvalue weighted by Gasteiger charge is -2.40. The number of amides is 3. The highest BCUT2D eigenvalue weighted by molar-refractivity contribution is 5.99. The van der Waals surface area contributed by atoms with Gasteiger partial charge in [0.1, 0.15) is 11.7 Å². The van der Waals surface area contributed by atoms with Gasteiger partial charge in [-0.3, -0.25) is 14.4 Å². The number of pyridine rings is 1. The van der Waals surface area contributed by atoms with Crippen molar-refractivity contribution in [1.82, 2.24) is 35.1 Å². The van der Waals surface area contributed by atoms with Crippen molar-refractivity contribution in [2.75, 3.05) is 39.5 Å². The summed E-state index contributed by atoms with van der Waals surface area (Å²) in [5.41, 5.74) is 1.22. The minimum absolute atomic E-state index is 0.00589. The smallest absolute Gasteiger partial charge is 0.416 e. The van der Waals surface area contributed by atoms with Crippen molar-refractivity contribution in [3.8, 4) is 17.1 Å². The third-order valence-electron chi connectivity index (χ3n) is 11.6. The number of alkyl halides is 3. The van der Waals surface area contributed by atoms with Crippen molar-refractivity contribution >= 4 is 17.7 Å². The van der Waals surface area contributed by atoms with Gasteiger partial charge in [-0.25, -0.2) is 9.67 Å². The number of rotatable bonds is 8. The first-order chi connectivity index (χ1) is 28.1.